The molecule has 0 unspecified atom stereocenters. The Hall–Kier alpha value is -2.77. The number of hydrogen-bond acceptors (Lipinski definition) is 6. The third-order valence-electron chi connectivity index (χ3n) is 5.34. The van der Waals surface area contributed by atoms with Crippen molar-refractivity contribution in [3.63, 3.8) is 0 Å². The van der Waals surface area contributed by atoms with Crippen LogP contribution in [-0.2, 0) is 11.3 Å². The second kappa shape index (κ2) is 15.9. The second-order valence-electron chi connectivity index (χ2n) is 8.23. The highest BCUT2D eigenvalue weighted by molar-refractivity contribution is 5.81. The predicted molar refractivity (Wildman–Crippen MR) is 134 cm³/mol. The molecule has 0 spiro atoms. The number of nitrogens with zero attached hydrogens (tertiary/aromatic N) is 2. The maximum Gasteiger partial charge on any atom is 0.237 e. The summed E-state index contributed by atoms with van der Waals surface area (Å²) in [5.74, 6) is 0.717. The minimum Gasteiger partial charge on any atom is -0.494 e. The van der Waals surface area contributed by atoms with Gasteiger partial charge < -0.3 is 21.5 Å². The van der Waals surface area contributed by atoms with Crippen LogP contribution in [-0.4, -0.2) is 25.1 Å². The van der Waals surface area contributed by atoms with Gasteiger partial charge in [-0.3, -0.25) is 4.79 Å². The SMILES string of the molecule is CCCCCCCOc1ccc(/N=N/c2ccc(CNC(=O)[C@@H](N)CCCCN)cc2)cc1. The van der Waals surface area contributed by atoms with Gasteiger partial charge >= 0.3 is 0 Å². The Morgan fingerprint density at radius 3 is 2.18 bits per heavy atom. The van der Waals surface area contributed by atoms with E-state index in [2.05, 4.69) is 22.5 Å². The van der Waals surface area contributed by atoms with Crippen molar-refractivity contribution in [1.82, 2.24) is 5.32 Å². The molecule has 0 aromatic heterocycles. The van der Waals surface area contributed by atoms with Crippen molar-refractivity contribution in [2.75, 3.05) is 13.2 Å². The van der Waals surface area contributed by atoms with Crippen LogP contribution in [0.5, 0.6) is 5.75 Å². The van der Waals surface area contributed by atoms with Crippen LogP contribution in [0.2, 0.25) is 0 Å². The average Bonchev–Trinajstić information content (AvgIpc) is 2.84. The number of rotatable bonds is 16. The van der Waals surface area contributed by atoms with Gasteiger partial charge in [0.25, 0.3) is 0 Å². The lowest BCUT2D eigenvalue weighted by atomic mass is 10.1. The molecule has 1 atom stereocenters. The smallest absolute Gasteiger partial charge is 0.237 e. The van der Waals surface area contributed by atoms with Crippen LogP contribution in [0.15, 0.2) is 58.8 Å². The number of amides is 1. The van der Waals surface area contributed by atoms with E-state index in [0.717, 1.165) is 48.6 Å². The predicted octanol–water partition coefficient (Wildman–Crippen LogP) is 5.52. The van der Waals surface area contributed by atoms with E-state index in [1.165, 1.54) is 25.7 Å². The summed E-state index contributed by atoms with van der Waals surface area (Å²) in [5.41, 5.74) is 13.9. The summed E-state index contributed by atoms with van der Waals surface area (Å²) in [4.78, 5) is 12.1. The van der Waals surface area contributed by atoms with E-state index in [1.807, 2.05) is 48.5 Å². The molecule has 2 rings (SSSR count). The first-order chi connectivity index (χ1) is 16.1. The Bertz CT molecular complexity index is 822. The van der Waals surface area contributed by atoms with Crippen LogP contribution in [0.25, 0.3) is 0 Å². The van der Waals surface area contributed by atoms with E-state index < -0.39 is 6.04 Å². The zero-order chi connectivity index (χ0) is 23.7. The Balaban J connectivity index is 1.73. The summed E-state index contributed by atoms with van der Waals surface area (Å²) < 4.78 is 5.78. The summed E-state index contributed by atoms with van der Waals surface area (Å²) >= 11 is 0. The Morgan fingerprint density at radius 1 is 0.909 bits per heavy atom. The van der Waals surface area contributed by atoms with E-state index in [-0.39, 0.29) is 5.91 Å². The fraction of sp³-hybridized carbons (Fsp3) is 0.500. The van der Waals surface area contributed by atoms with Gasteiger partial charge in [-0.15, -0.1) is 0 Å². The van der Waals surface area contributed by atoms with Gasteiger partial charge in [-0.05, 0) is 67.8 Å². The lowest BCUT2D eigenvalue weighted by Crippen LogP contribution is -2.40. The molecule has 0 aliphatic carbocycles. The molecule has 0 aliphatic rings. The van der Waals surface area contributed by atoms with Gasteiger partial charge in [0.05, 0.1) is 24.0 Å². The van der Waals surface area contributed by atoms with Gasteiger partial charge in [0.1, 0.15) is 5.75 Å². The molecule has 0 heterocycles. The van der Waals surface area contributed by atoms with Gasteiger partial charge in [-0.2, -0.15) is 10.2 Å². The van der Waals surface area contributed by atoms with Crippen LogP contribution in [0.1, 0.15) is 63.9 Å². The van der Waals surface area contributed by atoms with Crippen molar-refractivity contribution in [2.45, 2.75) is 70.9 Å². The van der Waals surface area contributed by atoms with Gasteiger partial charge in [-0.1, -0.05) is 51.2 Å². The Labute approximate surface area is 198 Å². The van der Waals surface area contributed by atoms with Crippen LogP contribution in [0.4, 0.5) is 11.4 Å². The van der Waals surface area contributed by atoms with Crippen molar-refractivity contribution in [1.29, 1.82) is 0 Å². The molecule has 1 amide bonds. The average molecular weight is 454 g/mol. The molecule has 0 saturated carbocycles. The zero-order valence-corrected chi connectivity index (χ0v) is 19.8. The topological polar surface area (TPSA) is 115 Å². The number of nitrogens with two attached hydrogens (primary N) is 2. The number of unbranched alkanes of at least 4 members (excludes halogenated alkanes) is 5. The quantitative estimate of drug-likeness (QED) is 0.229. The van der Waals surface area contributed by atoms with Crippen molar-refractivity contribution >= 4 is 17.3 Å². The van der Waals surface area contributed by atoms with Crippen molar-refractivity contribution in [3.05, 3.63) is 54.1 Å². The Kier molecular flexibility index (Phi) is 12.8. The van der Waals surface area contributed by atoms with Crippen LogP contribution >= 0.6 is 0 Å². The summed E-state index contributed by atoms with van der Waals surface area (Å²) in [6.07, 6.45) is 8.52. The van der Waals surface area contributed by atoms with Crippen LogP contribution < -0.4 is 21.5 Å². The molecule has 180 valence electrons. The fourth-order valence-corrected chi connectivity index (χ4v) is 3.26. The second-order valence-corrected chi connectivity index (χ2v) is 8.23. The van der Waals surface area contributed by atoms with Crippen LogP contribution in [0.3, 0.4) is 0 Å². The lowest BCUT2D eigenvalue weighted by molar-refractivity contribution is -0.122. The van der Waals surface area contributed by atoms with E-state index in [4.69, 9.17) is 16.2 Å². The minimum absolute atomic E-state index is 0.139. The molecule has 0 fully saturated rings. The number of carbonyl (C=O) groups excluding carboxylic acids is 1. The minimum atomic E-state index is -0.493. The molecule has 0 aliphatic heterocycles. The monoisotopic (exact) mass is 453 g/mol. The number of ether oxygens (including phenoxy) is 1. The molecule has 2 aromatic rings. The van der Waals surface area contributed by atoms with E-state index in [9.17, 15) is 4.79 Å². The first-order valence-electron chi connectivity index (χ1n) is 12.1. The van der Waals surface area contributed by atoms with Gasteiger partial charge in [-0.25, -0.2) is 0 Å². The zero-order valence-electron chi connectivity index (χ0n) is 19.8. The first-order valence-corrected chi connectivity index (χ1v) is 12.1. The Morgan fingerprint density at radius 2 is 1.55 bits per heavy atom. The molecular formula is C26H39N5O2. The normalized spacial score (nSPS) is 12.1. The van der Waals surface area contributed by atoms with E-state index in [0.29, 0.717) is 19.5 Å². The molecule has 0 saturated heterocycles. The lowest BCUT2D eigenvalue weighted by Gasteiger charge is -2.12. The number of azo groups is 1. The summed E-state index contributed by atoms with van der Waals surface area (Å²) in [5, 5.41) is 11.4. The molecule has 0 radical (unpaired) electrons. The highest BCUT2D eigenvalue weighted by atomic mass is 16.5. The standard InChI is InChI=1S/C26H39N5O2/c1-2-3-4-5-8-19-33-24-16-14-23(15-17-24)31-30-22-12-10-21(11-13-22)20-29-26(32)25(28)9-6-7-18-27/h10-17,25H,2-9,18-20,27-28H2,1H3,(H,29,32)/b31-30+/t25-/m0/s1. The molecule has 7 heteroatoms. The van der Waals surface area contributed by atoms with Gasteiger partial charge in [0.2, 0.25) is 5.91 Å². The van der Waals surface area contributed by atoms with E-state index in [1.54, 1.807) is 0 Å². The number of nitrogens with one attached hydrogen (secondary N) is 1. The molecule has 5 N–H and O–H groups in total. The van der Waals surface area contributed by atoms with Crippen LogP contribution in [0, 0.1) is 0 Å². The maximum atomic E-state index is 12.1. The highest BCUT2D eigenvalue weighted by Crippen LogP contribution is 2.22. The number of hydrogen-bond donors (Lipinski definition) is 3. The molecule has 33 heavy (non-hydrogen) atoms. The number of benzene rings is 2. The van der Waals surface area contributed by atoms with Gasteiger partial charge in [0.15, 0.2) is 0 Å². The maximum absolute atomic E-state index is 12.1. The molecular weight excluding hydrogens is 414 g/mol. The molecule has 0 bridgehead atoms. The summed E-state index contributed by atoms with van der Waals surface area (Å²) in [6, 6.07) is 14.8. The summed E-state index contributed by atoms with van der Waals surface area (Å²) in [7, 11) is 0. The third kappa shape index (κ3) is 11.1. The summed E-state index contributed by atoms with van der Waals surface area (Å²) in [6.45, 7) is 4.02. The molecule has 7 nitrogen and oxygen atoms in total. The van der Waals surface area contributed by atoms with Crippen molar-refractivity contribution in [3.8, 4) is 5.75 Å². The number of carbonyl (C=O) groups is 1. The van der Waals surface area contributed by atoms with Crippen molar-refractivity contribution in [2.24, 2.45) is 21.7 Å². The highest BCUT2D eigenvalue weighted by Gasteiger charge is 2.12. The van der Waals surface area contributed by atoms with E-state index >= 15 is 0 Å². The largest absolute Gasteiger partial charge is 0.494 e. The fourth-order valence-electron chi connectivity index (χ4n) is 3.26. The van der Waals surface area contributed by atoms with Crippen molar-refractivity contribution < 1.29 is 9.53 Å². The molecule has 2 aromatic carbocycles. The third-order valence-corrected chi connectivity index (χ3v) is 5.34. The van der Waals surface area contributed by atoms with Gasteiger partial charge in [0, 0.05) is 6.54 Å². The first kappa shape index (κ1) is 26.5.